The number of nitrogens with zero attached hydrogens (tertiary/aromatic N) is 2. The lowest BCUT2D eigenvalue weighted by Gasteiger charge is -2.38. The Balaban J connectivity index is 2.50. The summed E-state index contributed by atoms with van der Waals surface area (Å²) in [6.45, 7) is 6.74. The third kappa shape index (κ3) is 2.45. The lowest BCUT2D eigenvalue weighted by atomic mass is 10.2. The minimum absolute atomic E-state index is 0.0643. The number of piperazine rings is 1. The summed E-state index contributed by atoms with van der Waals surface area (Å²) in [5.41, 5.74) is 0. The summed E-state index contributed by atoms with van der Waals surface area (Å²) in [6, 6.07) is 0.405. The molecule has 1 saturated heterocycles. The van der Waals surface area contributed by atoms with E-state index in [1.165, 1.54) is 0 Å². The molecule has 4 heteroatoms. The van der Waals surface area contributed by atoms with Crippen LogP contribution in [0.25, 0.3) is 0 Å². The minimum atomic E-state index is -0.0643. The monoisotopic (exact) mass is 199 g/mol. The zero-order valence-corrected chi connectivity index (χ0v) is 9.58. The second kappa shape index (κ2) is 4.75. The molecule has 1 aliphatic rings. The lowest BCUT2D eigenvalue weighted by molar-refractivity contribution is -0.135. The first-order valence-electron chi connectivity index (χ1n) is 5.22. The summed E-state index contributed by atoms with van der Waals surface area (Å²) in [4.78, 5) is 16.1. The van der Waals surface area contributed by atoms with Gasteiger partial charge in [0.1, 0.15) is 0 Å². The Labute approximate surface area is 86.2 Å². The van der Waals surface area contributed by atoms with Crippen LogP contribution in [0.3, 0.4) is 0 Å². The summed E-state index contributed by atoms with van der Waals surface area (Å²) >= 11 is 0. The zero-order chi connectivity index (χ0) is 10.7. The standard InChI is InChI=1S/C10H21N3O/c1-8-7-13(6-5-12(8)4)10(14)9(2)11-3/h8-9,11H,5-7H2,1-4H3. The Kier molecular flexibility index (Phi) is 3.89. The SMILES string of the molecule is CNC(C)C(=O)N1CCN(C)C(C)C1. The quantitative estimate of drug-likeness (QED) is 0.666. The molecular formula is C10H21N3O. The number of carbonyl (C=O) groups excluding carboxylic acids is 1. The molecule has 1 aliphatic heterocycles. The van der Waals surface area contributed by atoms with E-state index in [1.807, 2.05) is 18.9 Å². The van der Waals surface area contributed by atoms with E-state index >= 15 is 0 Å². The molecule has 0 aliphatic carbocycles. The molecular weight excluding hydrogens is 178 g/mol. The molecule has 1 N–H and O–H groups in total. The van der Waals surface area contributed by atoms with E-state index < -0.39 is 0 Å². The Bertz CT molecular complexity index is 208. The molecule has 0 aromatic heterocycles. The van der Waals surface area contributed by atoms with Crippen LogP contribution in [0.15, 0.2) is 0 Å². The van der Waals surface area contributed by atoms with Crippen molar-refractivity contribution in [3.63, 3.8) is 0 Å². The fourth-order valence-corrected chi connectivity index (χ4v) is 1.65. The van der Waals surface area contributed by atoms with Gasteiger partial charge in [-0.15, -0.1) is 0 Å². The average Bonchev–Trinajstić information content (AvgIpc) is 2.20. The number of likely N-dealkylation sites (N-methyl/N-ethyl adjacent to an activating group) is 2. The molecule has 1 rings (SSSR count). The highest BCUT2D eigenvalue weighted by Gasteiger charge is 2.26. The molecule has 0 spiro atoms. The van der Waals surface area contributed by atoms with E-state index in [0.29, 0.717) is 6.04 Å². The molecule has 0 bridgehead atoms. The van der Waals surface area contributed by atoms with E-state index in [1.54, 1.807) is 0 Å². The van der Waals surface area contributed by atoms with Crippen LogP contribution in [0.1, 0.15) is 13.8 Å². The van der Waals surface area contributed by atoms with Crippen molar-refractivity contribution in [1.29, 1.82) is 0 Å². The van der Waals surface area contributed by atoms with E-state index in [9.17, 15) is 4.79 Å². The maximum atomic E-state index is 11.8. The zero-order valence-electron chi connectivity index (χ0n) is 9.58. The van der Waals surface area contributed by atoms with Crippen molar-refractivity contribution in [3.05, 3.63) is 0 Å². The van der Waals surface area contributed by atoms with E-state index in [2.05, 4.69) is 24.2 Å². The van der Waals surface area contributed by atoms with Crippen LogP contribution < -0.4 is 5.32 Å². The van der Waals surface area contributed by atoms with Crippen molar-refractivity contribution in [2.45, 2.75) is 25.9 Å². The Hall–Kier alpha value is -0.610. The summed E-state index contributed by atoms with van der Waals surface area (Å²) in [5, 5.41) is 2.98. The summed E-state index contributed by atoms with van der Waals surface area (Å²) in [7, 11) is 3.93. The highest BCUT2D eigenvalue weighted by molar-refractivity contribution is 5.81. The smallest absolute Gasteiger partial charge is 0.239 e. The number of hydrogen-bond donors (Lipinski definition) is 1. The normalized spacial score (nSPS) is 26.3. The molecule has 14 heavy (non-hydrogen) atoms. The lowest BCUT2D eigenvalue weighted by Crippen LogP contribution is -2.55. The van der Waals surface area contributed by atoms with Crippen LogP contribution in [0.5, 0.6) is 0 Å². The van der Waals surface area contributed by atoms with Crippen LogP contribution in [-0.4, -0.2) is 61.5 Å². The van der Waals surface area contributed by atoms with E-state index in [4.69, 9.17) is 0 Å². The van der Waals surface area contributed by atoms with Gasteiger partial charge in [0.05, 0.1) is 6.04 Å². The van der Waals surface area contributed by atoms with E-state index in [-0.39, 0.29) is 11.9 Å². The Morgan fingerprint density at radius 2 is 2.14 bits per heavy atom. The molecule has 0 saturated carbocycles. The Morgan fingerprint density at radius 3 is 2.64 bits per heavy atom. The molecule has 0 aromatic rings. The average molecular weight is 199 g/mol. The molecule has 0 aromatic carbocycles. The van der Waals surface area contributed by atoms with Gasteiger partial charge >= 0.3 is 0 Å². The van der Waals surface area contributed by atoms with Gasteiger partial charge in [-0.2, -0.15) is 0 Å². The fraction of sp³-hybridized carbons (Fsp3) is 0.900. The highest BCUT2D eigenvalue weighted by Crippen LogP contribution is 2.08. The molecule has 2 atom stereocenters. The molecule has 1 amide bonds. The summed E-state index contributed by atoms with van der Waals surface area (Å²) in [5.74, 6) is 0.215. The predicted octanol–water partition coefficient (Wildman–Crippen LogP) is -0.243. The maximum absolute atomic E-state index is 11.8. The first kappa shape index (κ1) is 11.5. The topological polar surface area (TPSA) is 35.6 Å². The van der Waals surface area contributed by atoms with Crippen molar-refractivity contribution in [3.8, 4) is 0 Å². The van der Waals surface area contributed by atoms with Crippen LogP contribution in [-0.2, 0) is 4.79 Å². The van der Waals surface area contributed by atoms with Gasteiger partial charge in [-0.1, -0.05) is 0 Å². The minimum Gasteiger partial charge on any atom is -0.339 e. The fourth-order valence-electron chi connectivity index (χ4n) is 1.65. The number of carbonyl (C=O) groups is 1. The first-order valence-corrected chi connectivity index (χ1v) is 5.22. The van der Waals surface area contributed by atoms with Crippen molar-refractivity contribution < 1.29 is 4.79 Å². The van der Waals surface area contributed by atoms with E-state index in [0.717, 1.165) is 19.6 Å². The van der Waals surface area contributed by atoms with Gasteiger partial charge in [0.15, 0.2) is 0 Å². The number of rotatable bonds is 2. The van der Waals surface area contributed by atoms with Crippen molar-refractivity contribution >= 4 is 5.91 Å². The number of hydrogen-bond acceptors (Lipinski definition) is 3. The third-order valence-electron chi connectivity index (χ3n) is 3.07. The second-order valence-corrected chi connectivity index (χ2v) is 4.12. The molecule has 1 heterocycles. The first-order chi connectivity index (χ1) is 6.56. The van der Waals surface area contributed by atoms with Crippen LogP contribution in [0.4, 0.5) is 0 Å². The largest absolute Gasteiger partial charge is 0.339 e. The number of amides is 1. The second-order valence-electron chi connectivity index (χ2n) is 4.12. The van der Waals surface area contributed by atoms with Crippen LogP contribution >= 0.6 is 0 Å². The highest BCUT2D eigenvalue weighted by atomic mass is 16.2. The predicted molar refractivity (Wildman–Crippen MR) is 57.2 cm³/mol. The van der Waals surface area contributed by atoms with Gasteiger partial charge in [0.2, 0.25) is 5.91 Å². The van der Waals surface area contributed by atoms with Crippen LogP contribution in [0.2, 0.25) is 0 Å². The number of nitrogens with one attached hydrogen (secondary N) is 1. The molecule has 2 unspecified atom stereocenters. The molecule has 1 fully saturated rings. The summed E-state index contributed by atoms with van der Waals surface area (Å²) in [6.07, 6.45) is 0. The van der Waals surface area contributed by atoms with Gasteiger partial charge in [0.25, 0.3) is 0 Å². The Morgan fingerprint density at radius 1 is 1.50 bits per heavy atom. The van der Waals surface area contributed by atoms with Crippen molar-refractivity contribution in [1.82, 2.24) is 15.1 Å². The van der Waals surface area contributed by atoms with Gasteiger partial charge in [-0.05, 0) is 27.9 Å². The van der Waals surface area contributed by atoms with Crippen LogP contribution in [0, 0.1) is 0 Å². The molecule has 82 valence electrons. The van der Waals surface area contributed by atoms with Gasteiger partial charge in [0, 0.05) is 25.7 Å². The van der Waals surface area contributed by atoms with Gasteiger partial charge in [-0.25, -0.2) is 0 Å². The van der Waals surface area contributed by atoms with Gasteiger partial charge in [-0.3, -0.25) is 4.79 Å². The van der Waals surface area contributed by atoms with Gasteiger partial charge < -0.3 is 15.1 Å². The third-order valence-corrected chi connectivity index (χ3v) is 3.07. The van der Waals surface area contributed by atoms with Crippen molar-refractivity contribution in [2.24, 2.45) is 0 Å². The van der Waals surface area contributed by atoms with Crippen molar-refractivity contribution in [2.75, 3.05) is 33.7 Å². The molecule has 0 radical (unpaired) electrons. The molecule has 4 nitrogen and oxygen atoms in total. The maximum Gasteiger partial charge on any atom is 0.239 e. The summed E-state index contributed by atoms with van der Waals surface area (Å²) < 4.78 is 0.